The summed E-state index contributed by atoms with van der Waals surface area (Å²) in [7, 11) is 1.34. The molecule has 2 aromatic heterocycles. The van der Waals surface area contributed by atoms with Crippen LogP contribution in [0.3, 0.4) is 0 Å². The van der Waals surface area contributed by atoms with Gasteiger partial charge < -0.3 is 9.72 Å². The van der Waals surface area contributed by atoms with Crippen LogP contribution >= 0.6 is 0 Å². The molecule has 0 aliphatic heterocycles. The van der Waals surface area contributed by atoms with E-state index in [9.17, 15) is 4.79 Å². The van der Waals surface area contributed by atoms with E-state index in [2.05, 4.69) is 19.7 Å². The zero-order valence-electron chi connectivity index (χ0n) is 6.94. The first-order chi connectivity index (χ1) is 6.33. The van der Waals surface area contributed by atoms with Crippen LogP contribution in [-0.2, 0) is 4.74 Å². The Bertz CT molecular complexity index is 449. The monoisotopic (exact) mass is 177 g/mol. The number of fused-ring (bicyclic) bond motifs is 1. The van der Waals surface area contributed by atoms with Crippen molar-refractivity contribution in [1.82, 2.24) is 15.0 Å². The topological polar surface area (TPSA) is 67.9 Å². The summed E-state index contributed by atoms with van der Waals surface area (Å²) in [5, 5.41) is 0. The molecule has 0 bridgehead atoms. The van der Waals surface area contributed by atoms with E-state index < -0.39 is 5.97 Å². The summed E-state index contributed by atoms with van der Waals surface area (Å²) in [6, 6.07) is 0. The molecule has 0 atom stereocenters. The van der Waals surface area contributed by atoms with Crippen LogP contribution in [0.15, 0.2) is 18.7 Å². The molecular formula is C8H7N3O2. The average Bonchev–Trinajstić information content (AvgIpc) is 2.60. The summed E-state index contributed by atoms with van der Waals surface area (Å²) in [6.45, 7) is 0. The van der Waals surface area contributed by atoms with Crippen molar-refractivity contribution < 1.29 is 9.53 Å². The molecule has 2 heterocycles. The summed E-state index contributed by atoms with van der Waals surface area (Å²) >= 11 is 0. The minimum Gasteiger partial charge on any atom is -0.465 e. The number of rotatable bonds is 1. The highest BCUT2D eigenvalue weighted by Crippen LogP contribution is 2.14. The maximum atomic E-state index is 11.2. The fourth-order valence-corrected chi connectivity index (χ4v) is 1.13. The third kappa shape index (κ3) is 1.14. The summed E-state index contributed by atoms with van der Waals surface area (Å²) in [6.07, 6.45) is 4.56. The van der Waals surface area contributed by atoms with Gasteiger partial charge in [0.05, 0.1) is 18.8 Å². The lowest BCUT2D eigenvalue weighted by Gasteiger charge is -1.94. The normalized spacial score (nSPS) is 10.2. The fraction of sp³-hybridized carbons (Fsp3) is 0.125. The lowest BCUT2D eigenvalue weighted by Crippen LogP contribution is -2.00. The molecule has 0 aliphatic rings. The number of nitrogens with zero attached hydrogens (tertiary/aromatic N) is 2. The highest BCUT2D eigenvalue weighted by Gasteiger charge is 2.12. The molecule has 0 spiro atoms. The second kappa shape index (κ2) is 2.85. The summed E-state index contributed by atoms with van der Waals surface area (Å²) in [5.41, 5.74) is 1.74. The van der Waals surface area contributed by atoms with Gasteiger partial charge in [-0.15, -0.1) is 0 Å². The van der Waals surface area contributed by atoms with Crippen LogP contribution in [0.4, 0.5) is 0 Å². The first-order valence-corrected chi connectivity index (χ1v) is 3.68. The summed E-state index contributed by atoms with van der Waals surface area (Å²) in [4.78, 5) is 21.8. The van der Waals surface area contributed by atoms with Crippen molar-refractivity contribution in [3.8, 4) is 0 Å². The van der Waals surface area contributed by atoms with Crippen LogP contribution in [0, 0.1) is 0 Å². The van der Waals surface area contributed by atoms with Crippen LogP contribution in [0.5, 0.6) is 0 Å². The molecule has 0 aliphatic carbocycles. The molecule has 0 aromatic carbocycles. The highest BCUT2D eigenvalue weighted by molar-refractivity contribution is 6.01. The molecule has 5 nitrogen and oxygen atoms in total. The number of methoxy groups -OCH3 is 1. The number of aromatic amines is 1. The number of esters is 1. The Morgan fingerprint density at radius 1 is 1.62 bits per heavy atom. The smallest absolute Gasteiger partial charge is 0.341 e. The fourth-order valence-electron chi connectivity index (χ4n) is 1.13. The van der Waals surface area contributed by atoms with Crippen molar-refractivity contribution in [2.45, 2.75) is 0 Å². The van der Waals surface area contributed by atoms with E-state index in [1.165, 1.54) is 13.4 Å². The quantitative estimate of drug-likeness (QED) is 0.652. The van der Waals surface area contributed by atoms with Crippen LogP contribution in [0.25, 0.3) is 11.0 Å². The Kier molecular flexibility index (Phi) is 1.70. The van der Waals surface area contributed by atoms with Gasteiger partial charge in [-0.3, -0.25) is 0 Å². The maximum absolute atomic E-state index is 11.2. The number of carbonyl (C=O) groups excluding carboxylic acids is 1. The molecular weight excluding hydrogens is 170 g/mol. The van der Waals surface area contributed by atoms with Crippen molar-refractivity contribution in [2.75, 3.05) is 7.11 Å². The SMILES string of the molecule is COC(=O)c1c[nH]c2cncnc12. The Labute approximate surface area is 73.8 Å². The van der Waals surface area contributed by atoms with E-state index in [1.807, 2.05) is 0 Å². The van der Waals surface area contributed by atoms with Crippen molar-refractivity contribution >= 4 is 17.0 Å². The zero-order valence-corrected chi connectivity index (χ0v) is 6.94. The minimum absolute atomic E-state index is 0.398. The lowest BCUT2D eigenvalue weighted by molar-refractivity contribution is 0.0603. The van der Waals surface area contributed by atoms with Gasteiger partial charge in [-0.1, -0.05) is 0 Å². The molecule has 13 heavy (non-hydrogen) atoms. The number of aromatic nitrogens is 3. The number of H-pyrrole nitrogens is 1. The summed E-state index contributed by atoms with van der Waals surface area (Å²) < 4.78 is 4.58. The van der Waals surface area contributed by atoms with Gasteiger partial charge in [0, 0.05) is 6.20 Å². The van der Waals surface area contributed by atoms with Crippen molar-refractivity contribution in [3.63, 3.8) is 0 Å². The highest BCUT2D eigenvalue weighted by atomic mass is 16.5. The molecule has 1 N–H and O–H groups in total. The first-order valence-electron chi connectivity index (χ1n) is 3.68. The van der Waals surface area contributed by atoms with E-state index in [-0.39, 0.29) is 0 Å². The van der Waals surface area contributed by atoms with E-state index in [0.717, 1.165) is 5.52 Å². The predicted molar refractivity (Wildman–Crippen MR) is 45.2 cm³/mol. The van der Waals surface area contributed by atoms with Crippen LogP contribution < -0.4 is 0 Å². The van der Waals surface area contributed by atoms with E-state index in [1.54, 1.807) is 12.4 Å². The van der Waals surface area contributed by atoms with Crippen LogP contribution in [0.1, 0.15) is 10.4 Å². The van der Waals surface area contributed by atoms with Crippen molar-refractivity contribution in [1.29, 1.82) is 0 Å². The molecule has 0 saturated heterocycles. The second-order valence-corrected chi connectivity index (χ2v) is 2.48. The van der Waals surface area contributed by atoms with Gasteiger partial charge in [0.15, 0.2) is 0 Å². The number of hydrogen-bond donors (Lipinski definition) is 1. The van der Waals surface area contributed by atoms with Gasteiger partial charge in [-0.2, -0.15) is 0 Å². The Morgan fingerprint density at radius 3 is 3.23 bits per heavy atom. The zero-order chi connectivity index (χ0) is 9.26. The van der Waals surface area contributed by atoms with Crippen LogP contribution in [-0.4, -0.2) is 28.0 Å². The molecule has 0 radical (unpaired) electrons. The van der Waals surface area contributed by atoms with Crippen LogP contribution in [0.2, 0.25) is 0 Å². The van der Waals surface area contributed by atoms with Gasteiger partial charge in [0.1, 0.15) is 17.4 Å². The third-order valence-corrected chi connectivity index (χ3v) is 1.74. The van der Waals surface area contributed by atoms with Gasteiger partial charge in [-0.25, -0.2) is 14.8 Å². The second-order valence-electron chi connectivity index (χ2n) is 2.48. The molecule has 2 aromatic rings. The molecule has 0 unspecified atom stereocenters. The van der Waals surface area contributed by atoms with Gasteiger partial charge in [-0.05, 0) is 0 Å². The average molecular weight is 177 g/mol. The van der Waals surface area contributed by atoms with E-state index in [4.69, 9.17) is 0 Å². The maximum Gasteiger partial charge on any atom is 0.341 e. The van der Waals surface area contributed by atoms with Gasteiger partial charge in [0.2, 0.25) is 0 Å². The molecule has 2 rings (SSSR count). The number of ether oxygens (including phenoxy) is 1. The molecule has 0 fully saturated rings. The molecule has 5 heteroatoms. The Hall–Kier alpha value is -1.91. The molecule has 0 amide bonds. The van der Waals surface area contributed by atoms with Gasteiger partial charge >= 0.3 is 5.97 Å². The Morgan fingerprint density at radius 2 is 2.46 bits per heavy atom. The molecule has 0 saturated carbocycles. The van der Waals surface area contributed by atoms with Gasteiger partial charge in [0.25, 0.3) is 0 Å². The first kappa shape index (κ1) is 7.72. The Balaban J connectivity index is 2.64. The number of carbonyl (C=O) groups is 1. The number of nitrogens with one attached hydrogen (secondary N) is 1. The largest absolute Gasteiger partial charge is 0.465 e. The molecule has 66 valence electrons. The number of hydrogen-bond acceptors (Lipinski definition) is 4. The summed E-state index contributed by atoms with van der Waals surface area (Å²) in [5.74, 6) is -0.398. The van der Waals surface area contributed by atoms with E-state index in [0.29, 0.717) is 11.1 Å². The predicted octanol–water partition coefficient (Wildman–Crippen LogP) is 0.744. The third-order valence-electron chi connectivity index (χ3n) is 1.74. The lowest BCUT2D eigenvalue weighted by atomic mass is 10.3. The van der Waals surface area contributed by atoms with Crippen molar-refractivity contribution in [2.24, 2.45) is 0 Å². The standard InChI is InChI=1S/C8H7N3O2/c1-13-8(12)5-2-10-6-3-9-4-11-7(5)6/h2-4,10H,1H3. The van der Waals surface area contributed by atoms with Crippen molar-refractivity contribution in [3.05, 3.63) is 24.3 Å². The minimum atomic E-state index is -0.398. The van der Waals surface area contributed by atoms with E-state index >= 15 is 0 Å².